The fraction of sp³-hybridized carbons (Fsp3) is 0.846. The first-order valence-electron chi connectivity index (χ1n) is 6.91. The van der Waals surface area contributed by atoms with Gasteiger partial charge < -0.3 is 24.2 Å². The van der Waals surface area contributed by atoms with Gasteiger partial charge in [0.15, 0.2) is 0 Å². The molecule has 2 aliphatic heterocycles. The van der Waals surface area contributed by atoms with Gasteiger partial charge in [-0.1, -0.05) is 0 Å². The van der Waals surface area contributed by atoms with Crippen molar-refractivity contribution in [1.29, 1.82) is 0 Å². The summed E-state index contributed by atoms with van der Waals surface area (Å²) in [5.74, 6) is -0.769. The minimum atomic E-state index is -1.07. The number of carbonyl (C=O) groups is 2. The molecule has 1 amide bonds. The van der Waals surface area contributed by atoms with Crippen molar-refractivity contribution >= 4 is 11.9 Å². The third-order valence-electron chi connectivity index (χ3n) is 3.63. The monoisotopic (exact) mass is 287 g/mol. The van der Waals surface area contributed by atoms with Gasteiger partial charge in [-0.15, -0.1) is 0 Å². The Morgan fingerprint density at radius 3 is 2.70 bits per heavy atom. The van der Waals surface area contributed by atoms with Crippen LogP contribution in [0.25, 0.3) is 0 Å². The summed E-state index contributed by atoms with van der Waals surface area (Å²) in [6.45, 7) is 2.47. The van der Waals surface area contributed by atoms with E-state index in [0.29, 0.717) is 25.7 Å². The van der Waals surface area contributed by atoms with Crippen LogP contribution in [0.3, 0.4) is 0 Å². The molecular weight excluding hydrogens is 266 g/mol. The number of ether oxygens (including phenoxy) is 3. The second-order valence-corrected chi connectivity index (χ2v) is 5.17. The summed E-state index contributed by atoms with van der Waals surface area (Å²) < 4.78 is 15.7. The highest BCUT2D eigenvalue weighted by Gasteiger charge is 2.30. The Bertz CT molecular complexity index is 342. The van der Waals surface area contributed by atoms with Gasteiger partial charge in [-0.2, -0.15) is 0 Å². The molecule has 20 heavy (non-hydrogen) atoms. The van der Waals surface area contributed by atoms with Crippen LogP contribution < -0.4 is 0 Å². The van der Waals surface area contributed by atoms with Gasteiger partial charge in [0.05, 0.1) is 19.3 Å². The summed E-state index contributed by atoms with van der Waals surface area (Å²) in [4.78, 5) is 24.2. The van der Waals surface area contributed by atoms with Crippen LogP contribution in [0.4, 0.5) is 0 Å². The number of hydrogen-bond acceptors (Lipinski definition) is 5. The molecule has 114 valence electrons. The van der Waals surface area contributed by atoms with Crippen molar-refractivity contribution in [1.82, 2.24) is 4.90 Å². The lowest BCUT2D eigenvalue weighted by Crippen LogP contribution is -2.50. The van der Waals surface area contributed by atoms with E-state index >= 15 is 0 Å². The molecule has 0 aromatic rings. The van der Waals surface area contributed by atoms with Crippen molar-refractivity contribution in [2.24, 2.45) is 5.92 Å². The first-order valence-corrected chi connectivity index (χ1v) is 6.91. The van der Waals surface area contributed by atoms with Crippen LogP contribution in [0.15, 0.2) is 0 Å². The smallest absolute Gasteiger partial charge is 0.329 e. The van der Waals surface area contributed by atoms with Crippen molar-refractivity contribution in [3.63, 3.8) is 0 Å². The highest BCUT2D eigenvalue weighted by molar-refractivity contribution is 5.78. The Labute approximate surface area is 117 Å². The minimum absolute atomic E-state index is 0.0383. The van der Waals surface area contributed by atoms with E-state index in [1.54, 1.807) is 4.90 Å². The number of morpholine rings is 1. The molecule has 0 aromatic carbocycles. The molecule has 2 rings (SSSR count). The Morgan fingerprint density at radius 1 is 1.20 bits per heavy atom. The van der Waals surface area contributed by atoms with Crippen molar-refractivity contribution in [2.75, 3.05) is 46.2 Å². The average Bonchev–Trinajstić information content (AvgIpc) is 2.91. The number of carbonyl (C=O) groups excluding carboxylic acids is 1. The zero-order chi connectivity index (χ0) is 14.4. The largest absolute Gasteiger partial charge is 0.480 e. The van der Waals surface area contributed by atoms with Gasteiger partial charge in [-0.3, -0.25) is 4.79 Å². The topological polar surface area (TPSA) is 85.3 Å². The lowest BCUT2D eigenvalue weighted by molar-refractivity contribution is -0.150. The molecule has 0 aliphatic carbocycles. The van der Waals surface area contributed by atoms with E-state index in [1.807, 2.05) is 0 Å². The maximum absolute atomic E-state index is 12.1. The third-order valence-corrected chi connectivity index (χ3v) is 3.63. The molecule has 2 aliphatic rings. The molecule has 2 unspecified atom stereocenters. The molecular formula is C13H21NO6. The average molecular weight is 287 g/mol. The van der Waals surface area contributed by atoms with E-state index in [1.165, 1.54) is 0 Å². The molecule has 0 spiro atoms. The summed E-state index contributed by atoms with van der Waals surface area (Å²) >= 11 is 0. The second kappa shape index (κ2) is 7.56. The van der Waals surface area contributed by atoms with Gasteiger partial charge in [0.25, 0.3) is 0 Å². The lowest BCUT2D eigenvalue weighted by Gasteiger charge is -2.36. The van der Waals surface area contributed by atoms with Crippen molar-refractivity contribution < 1.29 is 28.9 Å². The van der Waals surface area contributed by atoms with Crippen LogP contribution in [0.5, 0.6) is 0 Å². The number of aliphatic carboxylic acids is 1. The molecule has 0 bridgehead atoms. The Hall–Kier alpha value is -1.18. The zero-order valence-electron chi connectivity index (χ0n) is 11.5. The number of hydrogen-bond donors (Lipinski definition) is 1. The molecule has 2 heterocycles. The highest BCUT2D eigenvalue weighted by atomic mass is 16.5. The predicted molar refractivity (Wildman–Crippen MR) is 68.3 cm³/mol. The Kier molecular flexibility index (Phi) is 5.75. The molecule has 7 nitrogen and oxygen atoms in total. The maximum Gasteiger partial charge on any atom is 0.329 e. The van der Waals surface area contributed by atoms with E-state index < -0.39 is 12.6 Å². The number of carboxylic acids is 1. The number of rotatable bonds is 6. The quantitative estimate of drug-likeness (QED) is 0.724. The van der Waals surface area contributed by atoms with Crippen LogP contribution >= 0.6 is 0 Å². The molecule has 7 heteroatoms. The van der Waals surface area contributed by atoms with Crippen molar-refractivity contribution in [2.45, 2.75) is 18.9 Å². The first kappa shape index (κ1) is 15.2. The molecule has 2 atom stereocenters. The van der Waals surface area contributed by atoms with E-state index in [9.17, 15) is 9.59 Å². The number of nitrogens with zero attached hydrogens (tertiary/aromatic N) is 1. The van der Waals surface area contributed by atoms with Crippen LogP contribution in [0.1, 0.15) is 12.8 Å². The fourth-order valence-corrected chi connectivity index (χ4v) is 2.64. The number of amides is 1. The lowest BCUT2D eigenvalue weighted by atomic mass is 9.98. The van der Waals surface area contributed by atoms with Crippen LogP contribution in [-0.2, 0) is 23.8 Å². The third kappa shape index (κ3) is 4.43. The number of carboxylic acid groups (broad SMARTS) is 1. The molecule has 2 fully saturated rings. The van der Waals surface area contributed by atoms with Gasteiger partial charge in [0.2, 0.25) is 5.91 Å². The van der Waals surface area contributed by atoms with Gasteiger partial charge in [0, 0.05) is 19.8 Å². The molecule has 2 saturated heterocycles. The summed E-state index contributed by atoms with van der Waals surface area (Å²) in [7, 11) is 0. The van der Waals surface area contributed by atoms with Crippen LogP contribution in [0, 0.1) is 5.92 Å². The molecule has 1 N–H and O–H groups in total. The fourth-order valence-electron chi connectivity index (χ4n) is 2.64. The zero-order valence-corrected chi connectivity index (χ0v) is 11.5. The van der Waals surface area contributed by atoms with Crippen molar-refractivity contribution in [3.05, 3.63) is 0 Å². The standard InChI is InChI=1S/C13H21NO6/c15-12(8-20-9-13(16)17)14-2-4-19-7-11(14)5-10-1-3-18-6-10/h10-11H,1-9H2,(H,16,17). The minimum Gasteiger partial charge on any atom is -0.480 e. The summed E-state index contributed by atoms with van der Waals surface area (Å²) in [6.07, 6.45) is 1.89. The van der Waals surface area contributed by atoms with Crippen molar-refractivity contribution in [3.8, 4) is 0 Å². The second-order valence-electron chi connectivity index (χ2n) is 5.17. The van der Waals surface area contributed by atoms with Gasteiger partial charge in [-0.05, 0) is 18.8 Å². The molecule has 0 aromatic heterocycles. The Balaban J connectivity index is 1.81. The van der Waals surface area contributed by atoms with E-state index in [4.69, 9.17) is 19.3 Å². The highest BCUT2D eigenvalue weighted by Crippen LogP contribution is 2.22. The van der Waals surface area contributed by atoms with E-state index in [0.717, 1.165) is 26.1 Å². The summed E-state index contributed by atoms with van der Waals surface area (Å²) in [5.41, 5.74) is 0. The van der Waals surface area contributed by atoms with Gasteiger partial charge >= 0.3 is 5.97 Å². The van der Waals surface area contributed by atoms with E-state index in [2.05, 4.69) is 0 Å². The van der Waals surface area contributed by atoms with Gasteiger partial charge in [0.1, 0.15) is 13.2 Å². The summed E-state index contributed by atoms with van der Waals surface area (Å²) in [5, 5.41) is 8.49. The first-order chi connectivity index (χ1) is 9.66. The van der Waals surface area contributed by atoms with E-state index in [-0.39, 0.29) is 18.6 Å². The molecule has 0 saturated carbocycles. The normalized spacial score (nSPS) is 26.7. The van der Waals surface area contributed by atoms with Crippen LogP contribution in [0.2, 0.25) is 0 Å². The predicted octanol–water partition coefficient (Wildman–Crippen LogP) is -0.258. The molecule has 0 radical (unpaired) electrons. The van der Waals surface area contributed by atoms with Crippen LogP contribution in [-0.4, -0.2) is 74.1 Å². The maximum atomic E-state index is 12.1. The Morgan fingerprint density at radius 2 is 2.00 bits per heavy atom. The SMILES string of the molecule is O=C(O)COCC(=O)N1CCOCC1CC1CCOC1. The summed E-state index contributed by atoms with van der Waals surface area (Å²) in [6, 6.07) is 0.0383. The van der Waals surface area contributed by atoms with Gasteiger partial charge in [-0.25, -0.2) is 4.79 Å².